The Morgan fingerprint density at radius 2 is 1.69 bits per heavy atom. The van der Waals surface area contributed by atoms with Gasteiger partial charge in [0.1, 0.15) is 0 Å². The molecule has 0 radical (unpaired) electrons. The minimum Gasteiger partial charge on any atom is -0.419 e. The summed E-state index contributed by atoms with van der Waals surface area (Å²) in [7, 11) is 0. The normalized spacial score (nSPS) is 17.7. The van der Waals surface area contributed by atoms with E-state index in [0.717, 1.165) is 56.1 Å². The van der Waals surface area contributed by atoms with Gasteiger partial charge < -0.3 is 18.9 Å². The van der Waals surface area contributed by atoms with Crippen LogP contribution in [0.5, 0.6) is 11.5 Å². The molecule has 0 spiro atoms. The van der Waals surface area contributed by atoms with Crippen LogP contribution in [-0.2, 0) is 32.2 Å². The van der Waals surface area contributed by atoms with Gasteiger partial charge in [-0.3, -0.25) is 9.58 Å². The number of carbonyl (C=O) groups excluding carboxylic acids is 2. The maximum absolute atomic E-state index is 12.3. The number of ether oxygens (including phenoxy) is 4. The zero-order valence-corrected chi connectivity index (χ0v) is 20.4. The number of morpholine rings is 1. The summed E-state index contributed by atoms with van der Waals surface area (Å²) in [6, 6.07) is 13.4. The monoisotopic (exact) mass is 491 g/mol. The van der Waals surface area contributed by atoms with Crippen molar-refractivity contribution < 1.29 is 28.5 Å². The average Bonchev–Trinajstić information content (AvgIpc) is 3.20. The number of benzene rings is 2. The van der Waals surface area contributed by atoms with Gasteiger partial charge in [0.2, 0.25) is 0 Å². The van der Waals surface area contributed by atoms with E-state index in [4.69, 9.17) is 24.0 Å². The van der Waals surface area contributed by atoms with E-state index in [9.17, 15) is 9.59 Å². The van der Waals surface area contributed by atoms with Crippen LogP contribution in [0.1, 0.15) is 25.1 Å². The fourth-order valence-corrected chi connectivity index (χ4v) is 4.48. The van der Waals surface area contributed by atoms with Gasteiger partial charge >= 0.3 is 11.9 Å². The largest absolute Gasteiger partial charge is 0.419 e. The zero-order chi connectivity index (χ0) is 25.1. The summed E-state index contributed by atoms with van der Waals surface area (Å²) in [5.74, 6) is -0.971. The van der Waals surface area contributed by atoms with Crippen LogP contribution < -0.4 is 9.47 Å². The molecule has 2 aromatic carbocycles. The van der Waals surface area contributed by atoms with Crippen molar-refractivity contribution in [1.82, 2.24) is 14.7 Å². The number of esters is 2. The number of aromatic nitrogens is 2. The molecule has 1 fully saturated rings. The summed E-state index contributed by atoms with van der Waals surface area (Å²) in [4.78, 5) is 26.7. The van der Waals surface area contributed by atoms with E-state index < -0.39 is 17.5 Å². The molecule has 9 nitrogen and oxygen atoms in total. The predicted molar refractivity (Wildman–Crippen MR) is 132 cm³/mol. The second-order valence-corrected chi connectivity index (χ2v) is 9.49. The molecule has 0 unspecified atom stereocenters. The van der Waals surface area contributed by atoms with Gasteiger partial charge in [-0.1, -0.05) is 30.3 Å². The van der Waals surface area contributed by atoms with E-state index in [0.29, 0.717) is 17.6 Å². The van der Waals surface area contributed by atoms with E-state index in [-0.39, 0.29) is 18.1 Å². The Morgan fingerprint density at radius 3 is 2.44 bits per heavy atom. The lowest BCUT2D eigenvalue weighted by Crippen LogP contribution is -2.45. The highest BCUT2D eigenvalue weighted by molar-refractivity contribution is 6.00. The Bertz CT molecular complexity index is 1290. The summed E-state index contributed by atoms with van der Waals surface area (Å²) in [5.41, 5.74) is 1.96. The van der Waals surface area contributed by atoms with Crippen LogP contribution in [0.15, 0.2) is 54.6 Å². The van der Waals surface area contributed by atoms with Crippen molar-refractivity contribution in [2.24, 2.45) is 0 Å². The van der Waals surface area contributed by atoms with Crippen molar-refractivity contribution in [2.45, 2.75) is 32.6 Å². The first-order valence-electron chi connectivity index (χ1n) is 12.0. The van der Waals surface area contributed by atoms with Crippen LogP contribution in [0.25, 0.3) is 10.9 Å². The predicted octanol–water partition coefficient (Wildman–Crippen LogP) is 3.09. The maximum Gasteiger partial charge on any atom is 0.336 e. The van der Waals surface area contributed by atoms with E-state index in [2.05, 4.69) is 4.90 Å². The van der Waals surface area contributed by atoms with Gasteiger partial charge in [-0.15, -0.1) is 0 Å². The zero-order valence-electron chi connectivity index (χ0n) is 20.4. The molecule has 9 heteroatoms. The number of hydrogen-bond donors (Lipinski definition) is 0. The first-order valence-corrected chi connectivity index (χ1v) is 12.0. The Kier molecular flexibility index (Phi) is 6.86. The second kappa shape index (κ2) is 10.2. The minimum atomic E-state index is -0.657. The lowest BCUT2D eigenvalue weighted by molar-refractivity contribution is -0.133. The molecule has 188 valence electrons. The lowest BCUT2D eigenvalue weighted by atomic mass is 10.1. The SMILES string of the molecule is CC(C)(CN1CCOCC1)OCc1nn(Cc2ccccc2)c2ccc3c(c12)OC(=O)/C=C\C(=O)O3. The van der Waals surface area contributed by atoms with Gasteiger partial charge in [0.25, 0.3) is 0 Å². The molecule has 1 saturated heterocycles. The first kappa shape index (κ1) is 24.2. The third-order valence-electron chi connectivity index (χ3n) is 6.16. The number of carbonyl (C=O) groups is 2. The summed E-state index contributed by atoms with van der Waals surface area (Å²) in [6.45, 7) is 8.70. The van der Waals surface area contributed by atoms with Crippen molar-refractivity contribution in [3.8, 4) is 11.5 Å². The molecule has 5 rings (SSSR count). The van der Waals surface area contributed by atoms with Crippen LogP contribution in [0.4, 0.5) is 0 Å². The third-order valence-corrected chi connectivity index (χ3v) is 6.16. The van der Waals surface area contributed by atoms with E-state index in [1.54, 1.807) is 6.07 Å². The van der Waals surface area contributed by atoms with Gasteiger partial charge in [-0.05, 0) is 31.5 Å². The van der Waals surface area contributed by atoms with Gasteiger partial charge in [0.05, 0.1) is 48.6 Å². The molecule has 0 saturated carbocycles. The Labute approximate surface area is 209 Å². The van der Waals surface area contributed by atoms with Crippen LogP contribution in [0, 0.1) is 0 Å². The fourth-order valence-electron chi connectivity index (χ4n) is 4.48. The molecule has 0 aliphatic carbocycles. The minimum absolute atomic E-state index is 0.165. The quantitative estimate of drug-likeness (QED) is 0.368. The molecule has 1 aromatic heterocycles. The Morgan fingerprint density at radius 1 is 0.972 bits per heavy atom. The van der Waals surface area contributed by atoms with Gasteiger partial charge in [0.15, 0.2) is 11.5 Å². The molecular formula is C27H29N3O6. The molecule has 3 aromatic rings. The van der Waals surface area contributed by atoms with Crippen molar-refractivity contribution in [1.29, 1.82) is 0 Å². The molecule has 0 atom stereocenters. The van der Waals surface area contributed by atoms with Crippen molar-refractivity contribution >= 4 is 22.8 Å². The van der Waals surface area contributed by atoms with Crippen LogP contribution in [0.2, 0.25) is 0 Å². The average molecular weight is 492 g/mol. The molecule has 2 aliphatic heterocycles. The second-order valence-electron chi connectivity index (χ2n) is 9.49. The summed E-state index contributed by atoms with van der Waals surface area (Å²) < 4.78 is 24.7. The van der Waals surface area contributed by atoms with Crippen molar-refractivity contribution in [3.63, 3.8) is 0 Å². The molecule has 2 aliphatic rings. The number of rotatable bonds is 7. The summed E-state index contributed by atoms with van der Waals surface area (Å²) in [5, 5.41) is 5.43. The Balaban J connectivity index is 1.50. The fraction of sp³-hybridized carbons (Fsp3) is 0.370. The molecule has 36 heavy (non-hydrogen) atoms. The molecule has 0 bridgehead atoms. The maximum atomic E-state index is 12.3. The third kappa shape index (κ3) is 5.48. The van der Waals surface area contributed by atoms with E-state index in [1.165, 1.54) is 0 Å². The lowest BCUT2D eigenvalue weighted by Gasteiger charge is -2.34. The van der Waals surface area contributed by atoms with Gasteiger partial charge in [0, 0.05) is 31.8 Å². The molecule has 0 amide bonds. The Hall–Kier alpha value is -3.53. The van der Waals surface area contributed by atoms with Crippen molar-refractivity contribution in [2.75, 3.05) is 32.8 Å². The topological polar surface area (TPSA) is 92.1 Å². The highest BCUT2D eigenvalue weighted by Gasteiger charge is 2.28. The molecule has 0 N–H and O–H groups in total. The van der Waals surface area contributed by atoms with Crippen LogP contribution in [-0.4, -0.2) is 65.1 Å². The number of fused-ring (bicyclic) bond motifs is 3. The highest BCUT2D eigenvalue weighted by Crippen LogP contribution is 2.39. The van der Waals surface area contributed by atoms with Crippen LogP contribution >= 0.6 is 0 Å². The highest BCUT2D eigenvalue weighted by atomic mass is 16.6. The van der Waals surface area contributed by atoms with Gasteiger partial charge in [-0.2, -0.15) is 5.10 Å². The van der Waals surface area contributed by atoms with Crippen LogP contribution in [0.3, 0.4) is 0 Å². The summed E-state index contributed by atoms with van der Waals surface area (Å²) >= 11 is 0. The molecule has 3 heterocycles. The van der Waals surface area contributed by atoms with Crippen molar-refractivity contribution in [3.05, 3.63) is 65.9 Å². The van der Waals surface area contributed by atoms with Gasteiger partial charge in [-0.25, -0.2) is 9.59 Å². The smallest absolute Gasteiger partial charge is 0.336 e. The number of nitrogens with zero attached hydrogens (tertiary/aromatic N) is 3. The first-order chi connectivity index (χ1) is 17.4. The number of hydrogen-bond acceptors (Lipinski definition) is 8. The standard InChI is InChI=1S/C27H29N3O6/c1-27(2,18-29-12-14-33-15-13-29)34-17-20-25-21(30(28-20)16-19-6-4-3-5-7-19)8-9-22-26(25)36-24(32)11-10-23(31)35-22/h3-11H,12-18H2,1-2H3/b11-10-. The van der Waals surface area contributed by atoms with E-state index in [1.807, 2.05) is 54.9 Å². The van der Waals surface area contributed by atoms with E-state index >= 15 is 0 Å². The summed E-state index contributed by atoms with van der Waals surface area (Å²) in [6.07, 6.45) is 2.10. The molecular weight excluding hydrogens is 462 g/mol.